The number of carbonyl (C=O) groups is 1. The lowest BCUT2D eigenvalue weighted by Crippen LogP contribution is -2.41. The van der Waals surface area contributed by atoms with Gasteiger partial charge in [-0.15, -0.1) is 0 Å². The van der Waals surface area contributed by atoms with Crippen LogP contribution < -0.4 is 5.69 Å². The van der Waals surface area contributed by atoms with Gasteiger partial charge in [0.25, 0.3) is 0 Å². The van der Waals surface area contributed by atoms with Crippen molar-refractivity contribution in [3.63, 3.8) is 0 Å². The fraction of sp³-hybridized carbons (Fsp3) is 0.526. The predicted molar refractivity (Wildman–Crippen MR) is 99.8 cm³/mol. The van der Waals surface area contributed by atoms with Crippen LogP contribution in [0, 0.1) is 0 Å². The highest BCUT2D eigenvalue weighted by Gasteiger charge is 2.35. The van der Waals surface area contributed by atoms with E-state index in [0.29, 0.717) is 31.8 Å². The highest BCUT2D eigenvalue weighted by Crippen LogP contribution is 2.35. The van der Waals surface area contributed by atoms with Gasteiger partial charge in [0.15, 0.2) is 0 Å². The van der Waals surface area contributed by atoms with Gasteiger partial charge < -0.3 is 4.90 Å². The molecule has 0 unspecified atom stereocenters. The molecule has 1 aromatic carbocycles. The van der Waals surface area contributed by atoms with Crippen molar-refractivity contribution in [2.75, 3.05) is 13.1 Å². The first kappa shape index (κ1) is 20.0. The molecule has 0 radical (unpaired) electrons. The quantitative estimate of drug-likeness (QED) is 0.754. The van der Waals surface area contributed by atoms with Crippen molar-refractivity contribution in [1.29, 1.82) is 0 Å². The fourth-order valence-corrected chi connectivity index (χ4v) is 4.30. The molecule has 0 saturated carbocycles. The van der Waals surface area contributed by atoms with Crippen LogP contribution in [0.1, 0.15) is 48.7 Å². The molecule has 2 aliphatic rings. The lowest BCUT2D eigenvalue weighted by molar-refractivity contribution is -0.137. The first-order valence-electron chi connectivity index (χ1n) is 9.58. The molecule has 10 heteroatoms. The number of nitrogens with zero attached hydrogens (tertiary/aromatic N) is 4. The summed E-state index contributed by atoms with van der Waals surface area (Å²) in [5, 5.41) is 3.91. The number of hydrogen-bond donors (Lipinski definition) is 0. The standard InChI is InChI=1S/C19H20ClF3N4O2/c20-14-7-6-12(10-13(14)19(21,22)23)11-26-18(29)27-15(4-3-5-16(27)24-26)17(28)25-8-1-2-9-25/h6-7,10,15H,1-5,8-9,11H2/t15-/m1/s1. The van der Waals surface area contributed by atoms with Crippen LogP contribution in [0.25, 0.3) is 0 Å². The van der Waals surface area contributed by atoms with E-state index in [0.717, 1.165) is 30.0 Å². The first-order valence-corrected chi connectivity index (χ1v) is 9.96. The van der Waals surface area contributed by atoms with E-state index in [1.165, 1.54) is 16.7 Å². The monoisotopic (exact) mass is 428 g/mol. The number of hydrogen-bond acceptors (Lipinski definition) is 3. The molecule has 1 aromatic heterocycles. The average molecular weight is 429 g/mol. The Morgan fingerprint density at radius 2 is 1.93 bits per heavy atom. The van der Waals surface area contributed by atoms with Gasteiger partial charge in [0.2, 0.25) is 5.91 Å². The van der Waals surface area contributed by atoms with E-state index in [2.05, 4.69) is 5.10 Å². The van der Waals surface area contributed by atoms with Crippen molar-refractivity contribution < 1.29 is 18.0 Å². The zero-order valence-corrected chi connectivity index (χ0v) is 16.3. The summed E-state index contributed by atoms with van der Waals surface area (Å²) in [5.74, 6) is 0.430. The molecule has 6 nitrogen and oxygen atoms in total. The minimum absolute atomic E-state index is 0.0732. The van der Waals surface area contributed by atoms with E-state index in [1.54, 1.807) is 4.90 Å². The number of likely N-dealkylation sites (tertiary alicyclic amines) is 1. The van der Waals surface area contributed by atoms with Crippen molar-refractivity contribution in [2.45, 2.75) is 50.9 Å². The summed E-state index contributed by atoms with van der Waals surface area (Å²) >= 11 is 5.66. The number of carbonyl (C=O) groups excluding carboxylic acids is 1. The van der Waals surface area contributed by atoms with E-state index < -0.39 is 28.5 Å². The Morgan fingerprint density at radius 1 is 1.21 bits per heavy atom. The van der Waals surface area contributed by atoms with Crippen molar-refractivity contribution in [2.24, 2.45) is 0 Å². The SMILES string of the molecule is O=C([C@H]1CCCc2nn(Cc3ccc(Cl)c(C(F)(F)F)c3)c(=O)n21)N1CCCC1. The summed E-state index contributed by atoms with van der Waals surface area (Å²) in [5.41, 5.74) is -1.15. The summed E-state index contributed by atoms with van der Waals surface area (Å²) < 4.78 is 41.9. The maximum absolute atomic E-state index is 13.1. The van der Waals surface area contributed by atoms with Gasteiger partial charge in [-0.25, -0.2) is 9.48 Å². The Balaban J connectivity index is 1.64. The third kappa shape index (κ3) is 3.80. The van der Waals surface area contributed by atoms with E-state index in [9.17, 15) is 22.8 Å². The van der Waals surface area contributed by atoms with E-state index in [1.807, 2.05) is 0 Å². The fourth-order valence-electron chi connectivity index (χ4n) is 4.08. The van der Waals surface area contributed by atoms with Crippen molar-refractivity contribution >= 4 is 17.5 Å². The Kier molecular flexibility index (Phi) is 5.18. The Hall–Kier alpha value is -2.29. The molecule has 3 heterocycles. The van der Waals surface area contributed by atoms with Crippen LogP contribution in [0.2, 0.25) is 5.02 Å². The summed E-state index contributed by atoms with van der Waals surface area (Å²) in [6.45, 7) is 1.26. The smallest absolute Gasteiger partial charge is 0.341 e. The molecule has 1 atom stereocenters. The highest BCUT2D eigenvalue weighted by molar-refractivity contribution is 6.31. The van der Waals surface area contributed by atoms with Gasteiger partial charge in [-0.05, 0) is 43.4 Å². The second kappa shape index (κ2) is 7.51. The predicted octanol–water partition coefficient (Wildman–Crippen LogP) is 3.27. The minimum Gasteiger partial charge on any atom is -0.341 e. The van der Waals surface area contributed by atoms with Crippen molar-refractivity contribution in [3.8, 4) is 0 Å². The maximum atomic E-state index is 13.1. The van der Waals surface area contributed by atoms with Crippen LogP contribution in [0.3, 0.4) is 0 Å². The van der Waals surface area contributed by atoms with Gasteiger partial charge in [-0.1, -0.05) is 17.7 Å². The lowest BCUT2D eigenvalue weighted by Gasteiger charge is -2.27. The number of amides is 1. The molecular formula is C19H20ClF3N4O2. The number of alkyl halides is 3. The zero-order valence-electron chi connectivity index (χ0n) is 15.6. The lowest BCUT2D eigenvalue weighted by atomic mass is 10.0. The molecule has 2 aliphatic heterocycles. The molecule has 29 heavy (non-hydrogen) atoms. The molecule has 0 bridgehead atoms. The summed E-state index contributed by atoms with van der Waals surface area (Å²) in [4.78, 5) is 27.6. The third-order valence-electron chi connectivity index (χ3n) is 5.50. The summed E-state index contributed by atoms with van der Waals surface area (Å²) in [6, 6.07) is 2.95. The van der Waals surface area contributed by atoms with Crippen LogP contribution in [0.5, 0.6) is 0 Å². The van der Waals surface area contributed by atoms with Gasteiger partial charge in [-0.3, -0.25) is 9.36 Å². The molecule has 4 rings (SSSR count). The van der Waals surface area contributed by atoms with Crippen LogP contribution >= 0.6 is 11.6 Å². The van der Waals surface area contributed by atoms with E-state index in [-0.39, 0.29) is 18.0 Å². The van der Waals surface area contributed by atoms with Gasteiger partial charge in [0.05, 0.1) is 17.1 Å². The molecule has 2 aromatic rings. The van der Waals surface area contributed by atoms with Crippen LogP contribution in [-0.4, -0.2) is 38.2 Å². The minimum atomic E-state index is -4.58. The van der Waals surface area contributed by atoms with E-state index >= 15 is 0 Å². The molecule has 0 N–H and O–H groups in total. The second-order valence-electron chi connectivity index (χ2n) is 7.48. The Bertz CT molecular complexity index is 992. The van der Waals surface area contributed by atoms with Gasteiger partial charge in [-0.2, -0.15) is 18.3 Å². The molecule has 156 valence electrons. The van der Waals surface area contributed by atoms with Gasteiger partial charge >= 0.3 is 11.9 Å². The highest BCUT2D eigenvalue weighted by atomic mass is 35.5. The van der Waals surface area contributed by atoms with Crippen molar-refractivity contribution in [1.82, 2.24) is 19.2 Å². The maximum Gasteiger partial charge on any atom is 0.417 e. The topological polar surface area (TPSA) is 60.1 Å². The number of benzene rings is 1. The van der Waals surface area contributed by atoms with Crippen molar-refractivity contribution in [3.05, 3.63) is 50.7 Å². The number of rotatable bonds is 3. The molecule has 1 fully saturated rings. The molecule has 0 aliphatic carbocycles. The third-order valence-corrected chi connectivity index (χ3v) is 5.83. The molecule has 1 saturated heterocycles. The Labute approximate surface area is 169 Å². The van der Waals surface area contributed by atoms with Crippen LogP contribution in [0.15, 0.2) is 23.0 Å². The summed E-state index contributed by atoms with van der Waals surface area (Å²) in [6.07, 6.45) is -0.818. The second-order valence-corrected chi connectivity index (χ2v) is 7.89. The van der Waals surface area contributed by atoms with Crippen LogP contribution in [-0.2, 0) is 23.9 Å². The van der Waals surface area contributed by atoms with Gasteiger partial charge in [0.1, 0.15) is 11.9 Å². The first-order chi connectivity index (χ1) is 13.8. The Morgan fingerprint density at radius 3 is 2.62 bits per heavy atom. The van der Waals surface area contributed by atoms with Crippen LogP contribution in [0.4, 0.5) is 13.2 Å². The normalized spacial score (nSPS) is 19.4. The average Bonchev–Trinajstić information content (AvgIpc) is 3.31. The zero-order chi connectivity index (χ0) is 20.8. The summed E-state index contributed by atoms with van der Waals surface area (Å²) in [7, 11) is 0. The molecule has 1 amide bonds. The number of aromatic nitrogens is 3. The van der Waals surface area contributed by atoms with Gasteiger partial charge in [0, 0.05) is 19.5 Å². The number of aryl methyl sites for hydroxylation is 1. The van der Waals surface area contributed by atoms with E-state index in [4.69, 9.17) is 11.6 Å². The molecular weight excluding hydrogens is 409 g/mol. The number of halogens is 4. The largest absolute Gasteiger partial charge is 0.417 e. The molecule has 0 spiro atoms. The number of fused-ring (bicyclic) bond motifs is 1.